The number of rotatable bonds is 2. The molecule has 1 aliphatic heterocycles. The minimum atomic E-state index is -4.52. The van der Waals surface area contributed by atoms with Crippen molar-refractivity contribution in [3.05, 3.63) is 71.8 Å². The minimum Gasteiger partial charge on any atom is -0.454 e. The summed E-state index contributed by atoms with van der Waals surface area (Å²) in [6.07, 6.45) is -4.52. The van der Waals surface area contributed by atoms with Crippen LogP contribution in [0.2, 0.25) is 0 Å². The standard InChI is InChI=1S/C20H13BF3NO3/c22-20(23,24)13-5-7-18-16(10-13)25-19(26)15-9-12(4-6-17(15)28-18)11-2-1-3-14(8-11)21-27/h1-10,21,27H,(H,25,26). The lowest BCUT2D eigenvalue weighted by Crippen LogP contribution is -2.13. The van der Waals surface area contributed by atoms with Crippen LogP contribution in [0.5, 0.6) is 11.5 Å². The Morgan fingerprint density at radius 1 is 0.929 bits per heavy atom. The molecule has 8 heteroatoms. The molecule has 0 bridgehead atoms. The Hall–Kier alpha value is -3.26. The molecule has 4 rings (SSSR count). The van der Waals surface area contributed by atoms with Crippen molar-refractivity contribution in [1.29, 1.82) is 0 Å². The van der Waals surface area contributed by atoms with Gasteiger partial charge in [-0.1, -0.05) is 35.8 Å². The molecule has 1 aliphatic rings. The van der Waals surface area contributed by atoms with Gasteiger partial charge in [0.15, 0.2) is 5.75 Å². The minimum absolute atomic E-state index is 0.0418. The van der Waals surface area contributed by atoms with Crippen molar-refractivity contribution in [2.75, 3.05) is 5.32 Å². The summed E-state index contributed by atoms with van der Waals surface area (Å²) in [6.45, 7) is 0. The summed E-state index contributed by atoms with van der Waals surface area (Å²) in [5, 5.41) is 11.8. The first-order valence-electron chi connectivity index (χ1n) is 8.40. The fourth-order valence-corrected chi connectivity index (χ4v) is 3.03. The molecule has 0 aromatic heterocycles. The van der Waals surface area contributed by atoms with Gasteiger partial charge in [0.05, 0.1) is 16.8 Å². The number of amides is 1. The van der Waals surface area contributed by atoms with E-state index in [0.717, 1.165) is 28.7 Å². The number of ether oxygens (including phenoxy) is 1. The number of hydrogen-bond acceptors (Lipinski definition) is 3. The van der Waals surface area contributed by atoms with Crippen LogP contribution in [0.1, 0.15) is 15.9 Å². The molecular formula is C20H13BF3NO3. The van der Waals surface area contributed by atoms with Crippen molar-refractivity contribution >= 4 is 24.5 Å². The van der Waals surface area contributed by atoms with Gasteiger partial charge >= 0.3 is 13.7 Å². The van der Waals surface area contributed by atoms with Crippen LogP contribution in [0.25, 0.3) is 11.1 Å². The molecule has 3 aromatic carbocycles. The average molecular weight is 383 g/mol. The van der Waals surface area contributed by atoms with Crippen LogP contribution in [0.3, 0.4) is 0 Å². The smallest absolute Gasteiger partial charge is 0.416 e. The summed E-state index contributed by atoms with van der Waals surface area (Å²) in [6, 6.07) is 15.1. The Morgan fingerprint density at radius 3 is 2.43 bits per heavy atom. The molecular weight excluding hydrogens is 370 g/mol. The van der Waals surface area contributed by atoms with Gasteiger partial charge in [0, 0.05) is 0 Å². The molecule has 0 spiro atoms. The second-order valence-electron chi connectivity index (χ2n) is 6.33. The van der Waals surface area contributed by atoms with Crippen molar-refractivity contribution < 1.29 is 27.7 Å². The number of benzene rings is 3. The Labute approximate surface area is 158 Å². The highest BCUT2D eigenvalue weighted by molar-refractivity contribution is 6.45. The molecule has 2 N–H and O–H groups in total. The molecule has 0 aliphatic carbocycles. The number of halogens is 3. The van der Waals surface area contributed by atoms with Crippen molar-refractivity contribution in [2.24, 2.45) is 0 Å². The van der Waals surface area contributed by atoms with E-state index in [1.54, 1.807) is 36.4 Å². The molecule has 0 fully saturated rings. The topological polar surface area (TPSA) is 58.6 Å². The number of carbonyl (C=O) groups is 1. The first kappa shape index (κ1) is 18.1. The van der Waals surface area contributed by atoms with Crippen LogP contribution < -0.4 is 15.5 Å². The van der Waals surface area contributed by atoms with Crippen molar-refractivity contribution in [1.82, 2.24) is 0 Å². The van der Waals surface area contributed by atoms with Gasteiger partial charge in [-0.05, 0) is 41.5 Å². The summed E-state index contributed by atoms with van der Waals surface area (Å²) in [4.78, 5) is 12.6. The van der Waals surface area contributed by atoms with Crippen molar-refractivity contribution in [2.45, 2.75) is 6.18 Å². The Morgan fingerprint density at radius 2 is 1.68 bits per heavy atom. The van der Waals surface area contributed by atoms with Gasteiger partial charge in [-0.15, -0.1) is 0 Å². The maximum Gasteiger partial charge on any atom is 0.416 e. The van der Waals surface area contributed by atoms with E-state index in [1.807, 2.05) is 6.07 Å². The molecule has 28 heavy (non-hydrogen) atoms. The highest BCUT2D eigenvalue weighted by atomic mass is 19.4. The summed E-state index contributed by atoms with van der Waals surface area (Å²) < 4.78 is 44.5. The zero-order valence-corrected chi connectivity index (χ0v) is 14.4. The summed E-state index contributed by atoms with van der Waals surface area (Å²) in [5.41, 5.74) is 1.53. The number of carbonyl (C=O) groups excluding carboxylic acids is 1. The normalized spacial score (nSPS) is 12.9. The number of alkyl halides is 3. The lowest BCUT2D eigenvalue weighted by atomic mass is 9.86. The van der Waals surface area contributed by atoms with E-state index in [9.17, 15) is 23.0 Å². The molecule has 0 radical (unpaired) electrons. The summed E-state index contributed by atoms with van der Waals surface area (Å²) in [7, 11) is -0.112. The second kappa shape index (κ2) is 6.72. The number of anilines is 1. The van der Waals surface area contributed by atoms with Gasteiger partial charge in [0.2, 0.25) is 0 Å². The van der Waals surface area contributed by atoms with Crippen LogP contribution in [-0.4, -0.2) is 18.4 Å². The Balaban J connectivity index is 1.74. The monoisotopic (exact) mass is 383 g/mol. The van der Waals surface area contributed by atoms with E-state index in [2.05, 4.69) is 5.32 Å². The van der Waals surface area contributed by atoms with Gasteiger partial charge in [0.25, 0.3) is 5.91 Å². The van der Waals surface area contributed by atoms with E-state index in [-0.39, 0.29) is 30.2 Å². The van der Waals surface area contributed by atoms with Crippen LogP contribution in [0.15, 0.2) is 60.7 Å². The fraction of sp³-hybridized carbons (Fsp3) is 0.0500. The molecule has 4 nitrogen and oxygen atoms in total. The predicted molar refractivity (Wildman–Crippen MR) is 100 cm³/mol. The summed E-state index contributed by atoms with van der Waals surface area (Å²) in [5.74, 6) is -0.179. The highest BCUT2D eigenvalue weighted by Crippen LogP contribution is 2.40. The molecule has 140 valence electrons. The third-order valence-electron chi connectivity index (χ3n) is 4.44. The SMILES string of the molecule is O=C1Nc2cc(C(F)(F)F)ccc2Oc2ccc(-c3cccc(BO)c3)cc21. The molecule has 0 atom stereocenters. The van der Waals surface area contributed by atoms with E-state index in [4.69, 9.17) is 4.74 Å². The van der Waals surface area contributed by atoms with Gasteiger partial charge in [0.1, 0.15) is 5.75 Å². The number of nitrogens with one attached hydrogen (secondary N) is 1. The molecule has 0 unspecified atom stereocenters. The predicted octanol–water partition coefficient (Wildman–Crippen LogP) is 3.70. The second-order valence-corrected chi connectivity index (χ2v) is 6.33. The Kier molecular flexibility index (Phi) is 4.35. The van der Waals surface area contributed by atoms with E-state index < -0.39 is 17.6 Å². The van der Waals surface area contributed by atoms with Crippen LogP contribution >= 0.6 is 0 Å². The largest absolute Gasteiger partial charge is 0.454 e. The average Bonchev–Trinajstić information content (AvgIpc) is 2.82. The third kappa shape index (κ3) is 3.34. The first-order chi connectivity index (χ1) is 13.3. The molecule has 1 heterocycles. The zero-order chi connectivity index (χ0) is 19.9. The van der Waals surface area contributed by atoms with Gasteiger partial charge in [-0.2, -0.15) is 13.2 Å². The molecule has 3 aromatic rings. The van der Waals surface area contributed by atoms with Crippen LogP contribution in [0, 0.1) is 0 Å². The van der Waals surface area contributed by atoms with Gasteiger partial charge < -0.3 is 15.1 Å². The number of fused-ring (bicyclic) bond motifs is 2. The van der Waals surface area contributed by atoms with Crippen molar-refractivity contribution in [3.8, 4) is 22.6 Å². The van der Waals surface area contributed by atoms with E-state index in [1.165, 1.54) is 6.07 Å². The Bertz CT molecular complexity index is 1080. The summed E-state index contributed by atoms with van der Waals surface area (Å²) >= 11 is 0. The molecule has 1 amide bonds. The van der Waals surface area contributed by atoms with Gasteiger partial charge in [-0.3, -0.25) is 4.79 Å². The van der Waals surface area contributed by atoms with E-state index in [0.29, 0.717) is 0 Å². The van der Waals surface area contributed by atoms with Gasteiger partial charge in [-0.25, -0.2) is 0 Å². The molecule has 0 saturated carbocycles. The first-order valence-corrected chi connectivity index (χ1v) is 8.40. The van der Waals surface area contributed by atoms with Crippen molar-refractivity contribution in [3.63, 3.8) is 0 Å². The highest BCUT2D eigenvalue weighted by Gasteiger charge is 2.32. The van der Waals surface area contributed by atoms with E-state index >= 15 is 0 Å². The molecule has 0 saturated heterocycles. The maximum atomic E-state index is 13.0. The maximum absolute atomic E-state index is 13.0. The lowest BCUT2D eigenvalue weighted by molar-refractivity contribution is -0.137. The number of hydrogen-bond donors (Lipinski definition) is 2. The third-order valence-corrected chi connectivity index (χ3v) is 4.44. The fourth-order valence-electron chi connectivity index (χ4n) is 3.03. The lowest BCUT2D eigenvalue weighted by Gasteiger charge is -2.11. The zero-order valence-electron chi connectivity index (χ0n) is 14.4. The quantitative estimate of drug-likeness (QED) is 0.664. The van der Waals surface area contributed by atoms with Crippen LogP contribution in [0.4, 0.5) is 18.9 Å². The van der Waals surface area contributed by atoms with Crippen LogP contribution in [-0.2, 0) is 6.18 Å².